The molecule has 1 saturated heterocycles. The second-order valence-corrected chi connectivity index (χ2v) is 8.88. The summed E-state index contributed by atoms with van der Waals surface area (Å²) in [5.74, 6) is 0.810. The molecule has 5 rings (SSSR count). The maximum atomic E-state index is 11.8. The zero-order valence-electron chi connectivity index (χ0n) is 15.8. The van der Waals surface area contributed by atoms with Gasteiger partial charge in [0, 0.05) is 46.4 Å². The van der Waals surface area contributed by atoms with Crippen molar-refractivity contribution in [2.24, 2.45) is 0 Å². The number of aliphatic hydroxyl groups excluding tert-OH is 1. The zero-order valence-corrected chi connectivity index (χ0v) is 17.3. The lowest BCUT2D eigenvalue weighted by atomic mass is 10.0. The van der Waals surface area contributed by atoms with Crippen LogP contribution in [0.25, 0.3) is 0 Å². The van der Waals surface area contributed by atoms with Crippen LogP contribution in [0.1, 0.15) is 35.6 Å². The van der Waals surface area contributed by atoms with Crippen LogP contribution in [-0.2, 0) is 17.6 Å². The molecule has 1 fully saturated rings. The lowest BCUT2D eigenvalue weighted by molar-refractivity contribution is -0.116. The van der Waals surface area contributed by atoms with Crippen LogP contribution in [0.4, 0.5) is 5.69 Å². The first-order valence-electron chi connectivity index (χ1n) is 9.98. The molecule has 0 aromatic heterocycles. The van der Waals surface area contributed by atoms with Gasteiger partial charge in [-0.1, -0.05) is 29.3 Å². The Morgan fingerprint density at radius 3 is 2.83 bits per heavy atom. The lowest BCUT2D eigenvalue weighted by Crippen LogP contribution is -2.39. The molecule has 2 aliphatic heterocycles. The number of fused-ring (bicyclic) bond motifs is 2. The summed E-state index contributed by atoms with van der Waals surface area (Å²) in [4.78, 5) is 14.1. The summed E-state index contributed by atoms with van der Waals surface area (Å²) >= 11 is 12.8. The fourth-order valence-electron chi connectivity index (χ4n) is 4.79. The highest BCUT2D eigenvalue weighted by Crippen LogP contribution is 2.44. The van der Waals surface area contributed by atoms with Crippen molar-refractivity contribution in [2.75, 3.05) is 18.4 Å². The van der Waals surface area contributed by atoms with Crippen LogP contribution >= 0.6 is 23.2 Å². The van der Waals surface area contributed by atoms with Gasteiger partial charge in [0.15, 0.2) is 0 Å². The minimum absolute atomic E-state index is 0.0309. The number of ether oxygens (including phenoxy) is 1. The van der Waals surface area contributed by atoms with Crippen LogP contribution in [0.2, 0.25) is 10.0 Å². The Hall–Kier alpha value is -1.79. The normalized spacial score (nSPS) is 26.2. The number of anilines is 1. The van der Waals surface area contributed by atoms with Gasteiger partial charge in [0.05, 0.1) is 12.1 Å². The molecule has 152 valence electrons. The largest absolute Gasteiger partial charge is 0.484 e. The van der Waals surface area contributed by atoms with Gasteiger partial charge < -0.3 is 15.2 Å². The summed E-state index contributed by atoms with van der Waals surface area (Å²) in [6, 6.07) is 9.55. The number of hydrogen-bond donors (Lipinski definition) is 2. The minimum Gasteiger partial charge on any atom is -0.484 e. The van der Waals surface area contributed by atoms with E-state index in [0.29, 0.717) is 29.4 Å². The number of nitrogens with zero attached hydrogens (tertiary/aromatic N) is 1. The molecule has 3 atom stereocenters. The first kappa shape index (κ1) is 19.2. The lowest BCUT2D eigenvalue weighted by Gasteiger charge is -2.31. The van der Waals surface area contributed by atoms with Crippen LogP contribution in [-0.4, -0.2) is 41.1 Å². The summed E-state index contributed by atoms with van der Waals surface area (Å²) in [7, 11) is 0. The third-order valence-corrected chi connectivity index (χ3v) is 6.75. The van der Waals surface area contributed by atoms with E-state index in [1.165, 1.54) is 0 Å². The van der Waals surface area contributed by atoms with E-state index in [1.807, 2.05) is 24.3 Å². The van der Waals surface area contributed by atoms with E-state index < -0.39 is 0 Å². The summed E-state index contributed by atoms with van der Waals surface area (Å²) in [5, 5.41) is 14.2. The van der Waals surface area contributed by atoms with Crippen LogP contribution in [0.3, 0.4) is 0 Å². The van der Waals surface area contributed by atoms with Crippen LogP contribution in [0.5, 0.6) is 5.75 Å². The molecule has 1 amide bonds. The quantitative estimate of drug-likeness (QED) is 0.769. The summed E-state index contributed by atoms with van der Waals surface area (Å²) in [6.07, 6.45) is 2.08. The molecule has 0 spiro atoms. The third-order valence-electron chi connectivity index (χ3n) is 6.19. The van der Waals surface area contributed by atoms with Gasteiger partial charge in [-0.25, -0.2) is 0 Å². The van der Waals surface area contributed by atoms with Gasteiger partial charge in [-0.3, -0.25) is 9.69 Å². The molecular formula is C22H22Cl2N2O3. The summed E-state index contributed by atoms with van der Waals surface area (Å²) in [6.45, 7) is 1.46. The average molecular weight is 433 g/mol. The van der Waals surface area contributed by atoms with Crippen LogP contribution in [0.15, 0.2) is 30.3 Å². The number of hydrogen-bond acceptors (Lipinski definition) is 4. The molecule has 2 heterocycles. The van der Waals surface area contributed by atoms with E-state index in [9.17, 15) is 9.90 Å². The Morgan fingerprint density at radius 1 is 1.17 bits per heavy atom. The first-order chi connectivity index (χ1) is 14.0. The van der Waals surface area contributed by atoms with Gasteiger partial charge in [-0.2, -0.15) is 0 Å². The van der Waals surface area contributed by atoms with Crippen LogP contribution < -0.4 is 10.1 Å². The maximum absolute atomic E-state index is 11.8. The fraction of sp³-hybridized carbons (Fsp3) is 0.409. The highest BCUT2D eigenvalue weighted by Gasteiger charge is 2.42. The molecule has 2 aromatic rings. The number of β-amino-alcohol motifs (C(OH)–C–C–N with tert-alkyl or cyclic N) is 1. The topological polar surface area (TPSA) is 61.8 Å². The molecule has 1 aliphatic carbocycles. The molecular weight excluding hydrogens is 411 g/mol. The number of carbonyl (C=O) groups excluding carboxylic acids is 1. The molecule has 5 nitrogen and oxygen atoms in total. The number of likely N-dealkylation sites (tertiary alicyclic amines) is 1. The number of amides is 1. The minimum atomic E-state index is -0.307. The smallest absolute Gasteiger partial charge is 0.224 e. The molecule has 2 N–H and O–H groups in total. The van der Waals surface area contributed by atoms with Crippen LogP contribution in [0, 0.1) is 0 Å². The third kappa shape index (κ3) is 3.50. The number of halogens is 2. The molecule has 29 heavy (non-hydrogen) atoms. The molecule has 0 unspecified atom stereocenters. The van der Waals surface area contributed by atoms with Gasteiger partial charge in [-0.05, 0) is 49.1 Å². The Labute approximate surface area is 179 Å². The van der Waals surface area contributed by atoms with Crippen molar-refractivity contribution < 1.29 is 14.6 Å². The van der Waals surface area contributed by atoms with Crippen molar-refractivity contribution in [2.45, 2.75) is 43.9 Å². The Balaban J connectivity index is 1.53. The summed E-state index contributed by atoms with van der Waals surface area (Å²) in [5.41, 5.74) is 3.90. The predicted molar refractivity (Wildman–Crippen MR) is 113 cm³/mol. The van der Waals surface area contributed by atoms with E-state index in [1.54, 1.807) is 6.07 Å². The second-order valence-electron chi connectivity index (χ2n) is 8.03. The molecule has 2 aromatic carbocycles. The van der Waals surface area contributed by atoms with Crippen molar-refractivity contribution in [1.29, 1.82) is 0 Å². The Kier molecular flexibility index (Phi) is 4.95. The molecule has 0 radical (unpaired) electrons. The molecule has 0 bridgehead atoms. The maximum Gasteiger partial charge on any atom is 0.224 e. The van der Waals surface area contributed by atoms with Crippen molar-refractivity contribution in [3.63, 3.8) is 0 Å². The van der Waals surface area contributed by atoms with Gasteiger partial charge in [0.1, 0.15) is 11.9 Å². The van der Waals surface area contributed by atoms with Crippen molar-refractivity contribution in [3.8, 4) is 5.75 Å². The molecule has 0 saturated carbocycles. The van der Waals surface area contributed by atoms with E-state index in [4.69, 9.17) is 27.9 Å². The Bertz CT molecular complexity index is 981. The summed E-state index contributed by atoms with van der Waals surface area (Å²) < 4.78 is 6.61. The van der Waals surface area contributed by atoms with Gasteiger partial charge >= 0.3 is 0 Å². The van der Waals surface area contributed by atoms with E-state index in [-0.39, 0.29) is 24.2 Å². The molecule has 7 heteroatoms. The Morgan fingerprint density at radius 2 is 2.03 bits per heavy atom. The highest BCUT2D eigenvalue weighted by molar-refractivity contribution is 6.35. The number of benzene rings is 2. The number of carbonyl (C=O) groups is 1. The fourth-order valence-corrected chi connectivity index (χ4v) is 5.37. The number of nitrogens with one attached hydrogen (secondary N) is 1. The standard InChI is InChI=1S/C22H22Cl2N2O3/c23-12-8-16-15(17(24)9-12)10-19(26-7-6-13(27)11-26)22(16)29-20-3-1-2-18-14(20)4-5-21(28)25-18/h1-3,8-9,13,19,22,27H,4-7,10-11H2,(H,25,28)/t13-,19+,22+/m1/s1. The number of rotatable bonds is 3. The van der Waals surface area contributed by atoms with Gasteiger partial charge in [0.2, 0.25) is 5.91 Å². The van der Waals surface area contributed by atoms with E-state index >= 15 is 0 Å². The monoisotopic (exact) mass is 432 g/mol. The first-order valence-corrected chi connectivity index (χ1v) is 10.7. The van der Waals surface area contributed by atoms with E-state index in [2.05, 4.69) is 10.2 Å². The van der Waals surface area contributed by atoms with Gasteiger partial charge in [0.25, 0.3) is 0 Å². The second kappa shape index (κ2) is 7.47. The van der Waals surface area contributed by atoms with Crippen molar-refractivity contribution >= 4 is 34.8 Å². The molecule has 3 aliphatic rings. The van der Waals surface area contributed by atoms with E-state index in [0.717, 1.165) is 47.5 Å². The zero-order chi connectivity index (χ0) is 20.1. The SMILES string of the molecule is O=C1CCc2c(cccc2O[C@H]2c3cc(Cl)cc(Cl)c3C[C@@H]2N2CC[C@@H](O)C2)N1. The highest BCUT2D eigenvalue weighted by atomic mass is 35.5. The average Bonchev–Trinajstić information content (AvgIpc) is 3.26. The van der Waals surface area contributed by atoms with Crippen molar-refractivity contribution in [3.05, 3.63) is 57.1 Å². The van der Waals surface area contributed by atoms with Gasteiger partial charge in [-0.15, -0.1) is 0 Å². The van der Waals surface area contributed by atoms with Crippen molar-refractivity contribution in [1.82, 2.24) is 4.90 Å². The number of aliphatic hydroxyl groups is 1. The predicted octanol–water partition coefficient (Wildman–Crippen LogP) is 3.99.